The molecule has 0 aliphatic heterocycles. The Balaban J connectivity index is 2.28. The minimum atomic E-state index is -0.291. The zero-order valence-electron chi connectivity index (χ0n) is 13.5. The predicted octanol–water partition coefficient (Wildman–Crippen LogP) is 3.88. The summed E-state index contributed by atoms with van der Waals surface area (Å²) in [7, 11) is -0.291. The predicted molar refractivity (Wildman–Crippen MR) is 90.9 cm³/mol. The van der Waals surface area contributed by atoms with E-state index in [2.05, 4.69) is 70.2 Å². The van der Waals surface area contributed by atoms with Crippen LogP contribution in [0.2, 0.25) is 0 Å². The van der Waals surface area contributed by atoms with Gasteiger partial charge in [-0.3, -0.25) is 0 Å². The number of hydrogen-bond acceptors (Lipinski definition) is 2. The van der Waals surface area contributed by atoms with Crippen LogP contribution in [-0.2, 0) is 9.31 Å². The number of hydrogen-bond donors (Lipinski definition) is 0. The second-order valence-electron chi connectivity index (χ2n) is 6.35. The minimum absolute atomic E-state index is 0.291. The van der Waals surface area contributed by atoms with Gasteiger partial charge in [0.2, 0.25) is 0 Å². The van der Waals surface area contributed by atoms with E-state index >= 15 is 0 Å². The maximum atomic E-state index is 6.03. The van der Waals surface area contributed by atoms with E-state index in [-0.39, 0.29) is 7.12 Å². The molecule has 0 bridgehead atoms. The van der Waals surface area contributed by atoms with Gasteiger partial charge in [0.15, 0.2) is 0 Å². The Morgan fingerprint density at radius 1 is 0.810 bits per heavy atom. The Bertz CT molecular complexity index is 549. The van der Waals surface area contributed by atoms with Crippen LogP contribution < -0.4 is 5.46 Å². The van der Waals surface area contributed by atoms with Crippen molar-refractivity contribution in [2.24, 2.45) is 11.8 Å². The fourth-order valence-corrected chi connectivity index (χ4v) is 2.24. The van der Waals surface area contributed by atoms with Gasteiger partial charge < -0.3 is 9.31 Å². The maximum absolute atomic E-state index is 6.03. The molecular formula is C18H25BO2. The molecule has 2 nitrogen and oxygen atoms in total. The van der Waals surface area contributed by atoms with E-state index in [0.29, 0.717) is 25.0 Å². The third kappa shape index (κ3) is 4.58. The summed E-state index contributed by atoms with van der Waals surface area (Å²) in [5.41, 5.74) is 1.12. The lowest BCUT2D eigenvalue weighted by Gasteiger charge is -2.19. The van der Waals surface area contributed by atoms with Crippen molar-refractivity contribution in [3.05, 3.63) is 42.5 Å². The van der Waals surface area contributed by atoms with E-state index in [4.69, 9.17) is 9.31 Å². The van der Waals surface area contributed by atoms with Crippen LogP contribution >= 0.6 is 0 Å². The molecule has 0 unspecified atom stereocenters. The monoisotopic (exact) mass is 284 g/mol. The molecule has 2 rings (SSSR count). The SMILES string of the molecule is CC(C)COB(OCC(C)C)c1cccc2ccccc12. The smallest absolute Gasteiger partial charge is 0.407 e. The Hall–Kier alpha value is -1.32. The molecule has 0 atom stereocenters. The average Bonchev–Trinajstić information content (AvgIpc) is 2.46. The molecule has 0 aromatic heterocycles. The van der Waals surface area contributed by atoms with Crippen LogP contribution in [0.4, 0.5) is 0 Å². The van der Waals surface area contributed by atoms with Crippen LogP contribution in [0.15, 0.2) is 42.5 Å². The Morgan fingerprint density at radius 2 is 1.38 bits per heavy atom. The van der Waals surface area contributed by atoms with E-state index in [1.165, 1.54) is 10.8 Å². The first-order valence-electron chi connectivity index (χ1n) is 7.78. The first kappa shape index (κ1) is 16.1. The van der Waals surface area contributed by atoms with E-state index in [1.54, 1.807) is 0 Å². The summed E-state index contributed by atoms with van der Waals surface area (Å²) in [5, 5.41) is 2.43. The average molecular weight is 284 g/mol. The van der Waals surface area contributed by atoms with Crippen LogP contribution in [-0.4, -0.2) is 20.3 Å². The molecular weight excluding hydrogens is 259 g/mol. The molecule has 3 heteroatoms. The lowest BCUT2D eigenvalue weighted by molar-refractivity contribution is 0.173. The van der Waals surface area contributed by atoms with Gasteiger partial charge in [0.25, 0.3) is 0 Å². The molecule has 0 spiro atoms. The summed E-state index contributed by atoms with van der Waals surface area (Å²) < 4.78 is 12.1. The van der Waals surface area contributed by atoms with Gasteiger partial charge in [0.1, 0.15) is 0 Å². The fraction of sp³-hybridized carbons (Fsp3) is 0.444. The Kier molecular flexibility index (Phi) is 5.83. The van der Waals surface area contributed by atoms with Gasteiger partial charge in [-0.05, 0) is 28.1 Å². The summed E-state index contributed by atoms with van der Waals surface area (Å²) in [6, 6.07) is 14.7. The maximum Gasteiger partial charge on any atom is 0.494 e. The summed E-state index contributed by atoms with van der Waals surface area (Å²) >= 11 is 0. The summed E-state index contributed by atoms with van der Waals surface area (Å²) in [4.78, 5) is 0. The van der Waals surface area contributed by atoms with E-state index in [9.17, 15) is 0 Å². The van der Waals surface area contributed by atoms with Crippen molar-refractivity contribution >= 4 is 23.4 Å². The van der Waals surface area contributed by atoms with Gasteiger partial charge in [-0.1, -0.05) is 70.2 Å². The zero-order valence-corrected chi connectivity index (χ0v) is 13.5. The summed E-state index contributed by atoms with van der Waals surface area (Å²) in [5.74, 6) is 0.982. The lowest BCUT2D eigenvalue weighted by Crippen LogP contribution is -2.39. The molecule has 0 saturated heterocycles. The largest absolute Gasteiger partial charge is 0.494 e. The lowest BCUT2D eigenvalue weighted by atomic mass is 9.75. The molecule has 0 amide bonds. The first-order valence-corrected chi connectivity index (χ1v) is 7.78. The third-order valence-corrected chi connectivity index (χ3v) is 3.24. The van der Waals surface area contributed by atoms with Crippen molar-refractivity contribution in [1.82, 2.24) is 0 Å². The van der Waals surface area contributed by atoms with Crippen LogP contribution in [0.25, 0.3) is 10.8 Å². The van der Waals surface area contributed by atoms with Crippen molar-refractivity contribution in [2.75, 3.05) is 13.2 Å². The second-order valence-corrected chi connectivity index (χ2v) is 6.35. The van der Waals surface area contributed by atoms with Gasteiger partial charge in [0.05, 0.1) is 0 Å². The zero-order chi connectivity index (χ0) is 15.2. The van der Waals surface area contributed by atoms with Crippen LogP contribution in [0.3, 0.4) is 0 Å². The minimum Gasteiger partial charge on any atom is -0.407 e. The van der Waals surface area contributed by atoms with Gasteiger partial charge in [-0.25, -0.2) is 0 Å². The second kappa shape index (κ2) is 7.62. The Morgan fingerprint density at radius 3 is 2.00 bits per heavy atom. The highest BCUT2D eigenvalue weighted by molar-refractivity contribution is 6.64. The number of fused-ring (bicyclic) bond motifs is 1. The molecule has 0 aliphatic rings. The van der Waals surface area contributed by atoms with Crippen molar-refractivity contribution < 1.29 is 9.31 Å². The molecule has 0 N–H and O–H groups in total. The van der Waals surface area contributed by atoms with Gasteiger partial charge in [0, 0.05) is 13.2 Å². The Labute approximate surface area is 128 Å². The highest BCUT2D eigenvalue weighted by Gasteiger charge is 2.24. The van der Waals surface area contributed by atoms with Crippen LogP contribution in [0, 0.1) is 11.8 Å². The number of rotatable bonds is 7. The van der Waals surface area contributed by atoms with E-state index in [1.807, 2.05) is 0 Å². The topological polar surface area (TPSA) is 18.5 Å². The van der Waals surface area contributed by atoms with Crippen LogP contribution in [0.5, 0.6) is 0 Å². The molecule has 0 aliphatic carbocycles. The first-order chi connectivity index (χ1) is 10.1. The standard InChI is InChI=1S/C18H25BO2/c1-14(2)12-20-19(21-13-15(3)4)18-11-7-9-16-8-5-6-10-17(16)18/h5-11,14-15H,12-13H2,1-4H3. The van der Waals surface area contributed by atoms with Crippen molar-refractivity contribution in [2.45, 2.75) is 27.7 Å². The van der Waals surface area contributed by atoms with E-state index < -0.39 is 0 Å². The van der Waals surface area contributed by atoms with Crippen molar-refractivity contribution in [3.63, 3.8) is 0 Å². The summed E-state index contributed by atoms with van der Waals surface area (Å²) in [6.45, 7) is 10.0. The van der Waals surface area contributed by atoms with Crippen LogP contribution in [0.1, 0.15) is 27.7 Å². The highest BCUT2D eigenvalue weighted by Crippen LogP contribution is 2.13. The van der Waals surface area contributed by atoms with Crippen molar-refractivity contribution in [1.29, 1.82) is 0 Å². The fourth-order valence-electron chi connectivity index (χ4n) is 2.24. The highest BCUT2D eigenvalue weighted by atomic mass is 16.6. The third-order valence-electron chi connectivity index (χ3n) is 3.24. The molecule has 112 valence electrons. The molecule has 0 fully saturated rings. The molecule has 2 aromatic carbocycles. The van der Waals surface area contributed by atoms with Crippen molar-refractivity contribution in [3.8, 4) is 0 Å². The normalized spacial score (nSPS) is 11.5. The molecule has 0 heterocycles. The molecule has 2 aromatic rings. The summed E-state index contributed by atoms with van der Waals surface area (Å²) in [6.07, 6.45) is 0. The van der Waals surface area contributed by atoms with Gasteiger partial charge in [-0.2, -0.15) is 0 Å². The molecule has 0 radical (unpaired) electrons. The van der Waals surface area contributed by atoms with Gasteiger partial charge >= 0.3 is 7.12 Å². The van der Waals surface area contributed by atoms with E-state index in [0.717, 1.165) is 5.46 Å². The molecule has 0 saturated carbocycles. The number of benzene rings is 2. The van der Waals surface area contributed by atoms with Gasteiger partial charge in [-0.15, -0.1) is 0 Å². The molecule has 21 heavy (non-hydrogen) atoms. The quantitative estimate of drug-likeness (QED) is 0.718.